The number of rotatable bonds is 7. The molecule has 7 heteroatoms. The molecule has 0 aliphatic rings. The molecule has 0 radical (unpaired) electrons. The third-order valence-corrected chi connectivity index (χ3v) is 3.79. The van der Waals surface area contributed by atoms with Crippen molar-refractivity contribution >= 4 is 34.4 Å². The first-order valence-electron chi connectivity index (χ1n) is 8.41. The monoisotopic (exact) mass is 357 g/mol. The van der Waals surface area contributed by atoms with Gasteiger partial charge in [-0.05, 0) is 23.8 Å². The van der Waals surface area contributed by atoms with Crippen LogP contribution in [-0.4, -0.2) is 35.6 Å². The third-order valence-electron chi connectivity index (χ3n) is 3.79. The van der Waals surface area contributed by atoms with Gasteiger partial charge in [0.1, 0.15) is 6.04 Å². The number of benzene rings is 2. The molecule has 0 heterocycles. The van der Waals surface area contributed by atoms with Gasteiger partial charge in [-0.25, -0.2) is 9.59 Å². The van der Waals surface area contributed by atoms with Crippen molar-refractivity contribution in [2.75, 3.05) is 11.9 Å². The number of hydrogen-bond donors (Lipinski definition) is 4. The summed E-state index contributed by atoms with van der Waals surface area (Å²) in [6, 6.07) is 11.6. The molecule has 0 bridgehead atoms. The largest absolute Gasteiger partial charge is 0.480 e. The molecule has 1 atom stereocenters. The average Bonchev–Trinajstić information content (AvgIpc) is 2.59. The standard InChI is InChI=1S/C19H23N3O4/c1-12(2)10-16(18(24)25)21-17(23)11-20-19(26)22-15-9-5-7-13-6-3-4-8-14(13)15/h3-9,12,16H,10-11H2,1-2H3,(H,21,23)(H,24,25)(H2,20,22,26). The van der Waals surface area contributed by atoms with Crippen molar-refractivity contribution in [1.82, 2.24) is 10.6 Å². The van der Waals surface area contributed by atoms with E-state index in [-0.39, 0.29) is 12.5 Å². The van der Waals surface area contributed by atoms with E-state index in [2.05, 4.69) is 16.0 Å². The lowest BCUT2D eigenvalue weighted by Gasteiger charge is -2.16. The zero-order valence-corrected chi connectivity index (χ0v) is 14.8. The fourth-order valence-corrected chi connectivity index (χ4v) is 2.60. The van der Waals surface area contributed by atoms with Crippen LogP contribution in [0.1, 0.15) is 20.3 Å². The Balaban J connectivity index is 1.89. The summed E-state index contributed by atoms with van der Waals surface area (Å²) in [7, 11) is 0. The maximum atomic E-state index is 12.0. The number of urea groups is 1. The Labute approximate surface area is 151 Å². The van der Waals surface area contributed by atoms with Crippen molar-refractivity contribution in [2.24, 2.45) is 5.92 Å². The van der Waals surface area contributed by atoms with Gasteiger partial charge < -0.3 is 21.1 Å². The topological polar surface area (TPSA) is 108 Å². The molecule has 138 valence electrons. The SMILES string of the molecule is CC(C)CC(NC(=O)CNC(=O)Nc1cccc2ccccc12)C(=O)O. The van der Waals surface area contributed by atoms with Gasteiger partial charge in [-0.15, -0.1) is 0 Å². The number of carbonyl (C=O) groups is 3. The number of anilines is 1. The van der Waals surface area contributed by atoms with Gasteiger partial charge >= 0.3 is 12.0 Å². The Morgan fingerprint density at radius 3 is 2.42 bits per heavy atom. The van der Waals surface area contributed by atoms with Gasteiger partial charge in [-0.3, -0.25) is 4.79 Å². The van der Waals surface area contributed by atoms with Crippen molar-refractivity contribution in [1.29, 1.82) is 0 Å². The highest BCUT2D eigenvalue weighted by Gasteiger charge is 2.21. The molecule has 7 nitrogen and oxygen atoms in total. The van der Waals surface area contributed by atoms with Crippen LogP contribution in [-0.2, 0) is 9.59 Å². The van der Waals surface area contributed by atoms with Crippen molar-refractivity contribution in [3.05, 3.63) is 42.5 Å². The molecule has 0 aliphatic carbocycles. The summed E-state index contributed by atoms with van der Waals surface area (Å²) in [5.74, 6) is -1.52. The minimum Gasteiger partial charge on any atom is -0.480 e. The van der Waals surface area contributed by atoms with Crippen LogP contribution in [0.15, 0.2) is 42.5 Å². The van der Waals surface area contributed by atoms with Gasteiger partial charge in [0, 0.05) is 5.39 Å². The van der Waals surface area contributed by atoms with Crippen molar-refractivity contribution < 1.29 is 19.5 Å². The Morgan fingerprint density at radius 2 is 1.73 bits per heavy atom. The number of fused-ring (bicyclic) bond motifs is 1. The Bertz CT molecular complexity index is 799. The summed E-state index contributed by atoms with van der Waals surface area (Å²) >= 11 is 0. The molecular formula is C19H23N3O4. The molecular weight excluding hydrogens is 334 g/mol. The highest BCUT2D eigenvalue weighted by Crippen LogP contribution is 2.22. The van der Waals surface area contributed by atoms with E-state index in [1.54, 1.807) is 6.07 Å². The van der Waals surface area contributed by atoms with Crippen molar-refractivity contribution in [3.8, 4) is 0 Å². The van der Waals surface area contributed by atoms with Crippen LogP contribution < -0.4 is 16.0 Å². The second-order valence-electron chi connectivity index (χ2n) is 6.42. The van der Waals surface area contributed by atoms with Crippen LogP contribution in [0.3, 0.4) is 0 Å². The van der Waals surface area contributed by atoms with Gasteiger partial charge in [0.15, 0.2) is 0 Å². The Kier molecular flexibility index (Phi) is 6.54. The molecule has 0 saturated carbocycles. The van der Waals surface area contributed by atoms with Gasteiger partial charge in [0.2, 0.25) is 5.91 Å². The fraction of sp³-hybridized carbons (Fsp3) is 0.316. The van der Waals surface area contributed by atoms with Crippen LogP contribution >= 0.6 is 0 Å². The van der Waals surface area contributed by atoms with Crippen molar-refractivity contribution in [2.45, 2.75) is 26.3 Å². The van der Waals surface area contributed by atoms with E-state index in [0.717, 1.165) is 10.8 Å². The lowest BCUT2D eigenvalue weighted by molar-refractivity contribution is -0.142. The molecule has 0 aliphatic heterocycles. The Hall–Kier alpha value is -3.09. The first-order valence-corrected chi connectivity index (χ1v) is 8.41. The highest BCUT2D eigenvalue weighted by molar-refractivity contribution is 6.02. The predicted octanol–water partition coefficient (Wildman–Crippen LogP) is 2.58. The molecule has 0 aromatic heterocycles. The summed E-state index contributed by atoms with van der Waals surface area (Å²) in [6.07, 6.45) is 0.323. The number of carboxylic acids is 1. The van der Waals surface area contributed by atoms with Crippen molar-refractivity contribution in [3.63, 3.8) is 0 Å². The van der Waals surface area contributed by atoms with Crippen LogP contribution in [0.2, 0.25) is 0 Å². The summed E-state index contributed by atoms with van der Waals surface area (Å²) in [4.78, 5) is 35.1. The first-order chi connectivity index (χ1) is 12.4. The predicted molar refractivity (Wildman–Crippen MR) is 100.0 cm³/mol. The molecule has 4 N–H and O–H groups in total. The minimum atomic E-state index is -1.09. The van der Waals surface area contributed by atoms with Gasteiger partial charge in [0.25, 0.3) is 0 Å². The number of hydrogen-bond acceptors (Lipinski definition) is 3. The molecule has 0 spiro atoms. The van der Waals surface area contributed by atoms with Gasteiger partial charge in [-0.2, -0.15) is 0 Å². The third kappa shape index (κ3) is 5.47. The zero-order chi connectivity index (χ0) is 19.1. The maximum absolute atomic E-state index is 12.0. The quantitative estimate of drug-likeness (QED) is 0.611. The second-order valence-corrected chi connectivity index (χ2v) is 6.42. The van der Waals surface area contributed by atoms with E-state index in [0.29, 0.717) is 12.1 Å². The van der Waals surface area contributed by atoms with Crippen LogP contribution in [0.5, 0.6) is 0 Å². The van der Waals surface area contributed by atoms with E-state index in [1.165, 1.54) is 0 Å². The van der Waals surface area contributed by atoms with Crippen LogP contribution in [0, 0.1) is 5.92 Å². The Morgan fingerprint density at radius 1 is 1.04 bits per heavy atom. The van der Waals surface area contributed by atoms with E-state index >= 15 is 0 Å². The lowest BCUT2D eigenvalue weighted by Crippen LogP contribution is -2.46. The summed E-state index contributed by atoms with van der Waals surface area (Å²) < 4.78 is 0. The van der Waals surface area contributed by atoms with E-state index in [4.69, 9.17) is 5.11 Å². The van der Waals surface area contributed by atoms with Crippen LogP contribution in [0.25, 0.3) is 10.8 Å². The number of aliphatic carboxylic acids is 1. The number of amides is 3. The molecule has 2 rings (SSSR count). The second kappa shape index (κ2) is 8.84. The first kappa shape index (κ1) is 19.2. The highest BCUT2D eigenvalue weighted by atomic mass is 16.4. The molecule has 26 heavy (non-hydrogen) atoms. The molecule has 2 aromatic rings. The number of carbonyl (C=O) groups excluding carboxylic acids is 2. The lowest BCUT2D eigenvalue weighted by atomic mass is 10.0. The van der Waals surface area contributed by atoms with E-state index < -0.39 is 23.9 Å². The van der Waals surface area contributed by atoms with Gasteiger partial charge in [0.05, 0.1) is 12.2 Å². The number of carboxylic acid groups (broad SMARTS) is 1. The minimum absolute atomic E-state index is 0.124. The summed E-state index contributed by atoms with van der Waals surface area (Å²) in [5, 5.41) is 18.6. The number of nitrogens with one attached hydrogen (secondary N) is 3. The van der Waals surface area contributed by atoms with Gasteiger partial charge in [-0.1, -0.05) is 50.2 Å². The molecule has 3 amide bonds. The average molecular weight is 357 g/mol. The maximum Gasteiger partial charge on any atom is 0.326 e. The molecule has 0 fully saturated rings. The molecule has 1 unspecified atom stereocenters. The zero-order valence-electron chi connectivity index (χ0n) is 14.8. The molecule has 0 saturated heterocycles. The smallest absolute Gasteiger partial charge is 0.326 e. The summed E-state index contributed by atoms with van der Waals surface area (Å²) in [6.45, 7) is 3.44. The summed E-state index contributed by atoms with van der Waals surface area (Å²) in [5.41, 5.74) is 0.629. The normalized spacial score (nSPS) is 11.8. The van der Waals surface area contributed by atoms with E-state index in [1.807, 2.05) is 50.2 Å². The van der Waals surface area contributed by atoms with Crippen LogP contribution in [0.4, 0.5) is 10.5 Å². The fourth-order valence-electron chi connectivity index (χ4n) is 2.60. The molecule has 2 aromatic carbocycles. The van der Waals surface area contributed by atoms with E-state index in [9.17, 15) is 14.4 Å².